The molecule has 0 aliphatic rings. The van der Waals surface area contributed by atoms with Gasteiger partial charge >= 0.3 is 6.03 Å². The molecule has 0 unspecified atom stereocenters. The zero-order valence-corrected chi connectivity index (χ0v) is 9.50. The topological polar surface area (TPSA) is 67.2 Å². The molecule has 1 aromatic rings. The van der Waals surface area contributed by atoms with E-state index in [1.165, 1.54) is 0 Å². The van der Waals surface area contributed by atoms with Gasteiger partial charge in [0, 0.05) is 12.1 Å². The van der Waals surface area contributed by atoms with Gasteiger partial charge in [-0.25, -0.2) is 4.79 Å². The zero-order chi connectivity index (χ0) is 11.4. The number of carbonyl (C=O) groups excluding carboxylic acids is 1. The van der Waals surface area contributed by atoms with Gasteiger partial charge in [0.2, 0.25) is 0 Å². The highest BCUT2D eigenvalue weighted by atomic mass is 16.5. The summed E-state index contributed by atoms with van der Waals surface area (Å²) in [7, 11) is 0. The minimum atomic E-state index is -0.260. The smallest absolute Gasteiger partial charge is 0.320 e. The molecule has 1 heterocycles. The van der Waals surface area contributed by atoms with Gasteiger partial charge < -0.3 is 9.84 Å². The molecular formula is C10H17N3O2. The molecule has 5 nitrogen and oxygen atoms in total. The van der Waals surface area contributed by atoms with Gasteiger partial charge in [0.1, 0.15) is 5.76 Å². The number of hydrogen-bond donors (Lipinski definition) is 2. The second-order valence-electron chi connectivity index (χ2n) is 3.95. The Kier molecular flexibility index (Phi) is 3.71. The molecule has 0 aromatic carbocycles. The molecule has 15 heavy (non-hydrogen) atoms. The van der Waals surface area contributed by atoms with Crippen molar-refractivity contribution in [3.8, 4) is 0 Å². The summed E-state index contributed by atoms with van der Waals surface area (Å²) in [6.07, 6.45) is 0. The first-order valence-electron chi connectivity index (χ1n) is 5.00. The van der Waals surface area contributed by atoms with Crippen LogP contribution in [-0.4, -0.2) is 17.2 Å². The minimum absolute atomic E-state index is 0.123. The molecule has 2 amide bonds. The molecule has 0 saturated heterocycles. The fourth-order valence-electron chi connectivity index (χ4n) is 0.951. The van der Waals surface area contributed by atoms with Crippen molar-refractivity contribution in [1.29, 1.82) is 0 Å². The van der Waals surface area contributed by atoms with Crippen LogP contribution in [0.4, 0.5) is 10.6 Å². The van der Waals surface area contributed by atoms with E-state index in [4.69, 9.17) is 4.52 Å². The molecule has 1 aromatic heterocycles. The van der Waals surface area contributed by atoms with Crippen LogP contribution in [0.25, 0.3) is 0 Å². The molecule has 1 rings (SSSR count). The van der Waals surface area contributed by atoms with Crippen LogP contribution < -0.4 is 10.6 Å². The van der Waals surface area contributed by atoms with Gasteiger partial charge in [-0.2, -0.15) is 0 Å². The Labute approximate surface area is 89.2 Å². The van der Waals surface area contributed by atoms with E-state index in [1.807, 2.05) is 20.8 Å². The van der Waals surface area contributed by atoms with Crippen LogP contribution in [-0.2, 0) is 0 Å². The van der Waals surface area contributed by atoms with Gasteiger partial charge in [-0.3, -0.25) is 5.32 Å². The van der Waals surface area contributed by atoms with Crippen LogP contribution in [0.15, 0.2) is 10.6 Å². The van der Waals surface area contributed by atoms with E-state index >= 15 is 0 Å². The highest BCUT2D eigenvalue weighted by molar-refractivity contribution is 5.88. The summed E-state index contributed by atoms with van der Waals surface area (Å²) >= 11 is 0. The number of amides is 2. The molecule has 5 heteroatoms. The Morgan fingerprint density at radius 1 is 1.47 bits per heavy atom. The largest absolute Gasteiger partial charge is 0.360 e. The normalized spacial score (nSPS) is 12.6. The SMILES string of the molecule is Cc1cc(NC(=O)N[C@@H](C)C(C)C)no1. The van der Waals surface area contributed by atoms with E-state index in [2.05, 4.69) is 15.8 Å². The number of urea groups is 1. The lowest BCUT2D eigenvalue weighted by Gasteiger charge is -2.16. The van der Waals surface area contributed by atoms with Crippen LogP contribution in [0.2, 0.25) is 0 Å². The number of aromatic nitrogens is 1. The standard InChI is InChI=1S/C10H17N3O2/c1-6(2)8(4)11-10(14)12-9-5-7(3)15-13-9/h5-6,8H,1-4H3,(H2,11,12,13,14)/t8-/m0/s1. The number of carbonyl (C=O) groups is 1. The third kappa shape index (κ3) is 3.61. The predicted octanol–water partition coefficient (Wildman–Crippen LogP) is 2.15. The quantitative estimate of drug-likeness (QED) is 0.805. The summed E-state index contributed by atoms with van der Waals surface area (Å²) in [6.45, 7) is 7.82. The van der Waals surface area contributed by atoms with E-state index in [-0.39, 0.29) is 12.1 Å². The van der Waals surface area contributed by atoms with Gasteiger partial charge in [-0.05, 0) is 19.8 Å². The molecule has 0 fully saturated rings. The van der Waals surface area contributed by atoms with E-state index in [1.54, 1.807) is 13.0 Å². The Morgan fingerprint density at radius 2 is 2.13 bits per heavy atom. The summed E-state index contributed by atoms with van der Waals surface area (Å²) in [5.74, 6) is 1.50. The lowest BCUT2D eigenvalue weighted by molar-refractivity contribution is 0.245. The van der Waals surface area contributed by atoms with Crippen molar-refractivity contribution in [2.24, 2.45) is 5.92 Å². The lowest BCUT2D eigenvalue weighted by Crippen LogP contribution is -2.39. The number of nitrogens with one attached hydrogen (secondary N) is 2. The number of anilines is 1. The first-order valence-corrected chi connectivity index (χ1v) is 5.00. The summed E-state index contributed by atoms with van der Waals surface area (Å²) in [5.41, 5.74) is 0. The fraction of sp³-hybridized carbons (Fsp3) is 0.600. The maximum atomic E-state index is 11.4. The van der Waals surface area contributed by atoms with Gasteiger partial charge in [0.15, 0.2) is 5.82 Å². The van der Waals surface area contributed by atoms with E-state index < -0.39 is 0 Å². The van der Waals surface area contributed by atoms with E-state index in [0.717, 1.165) is 0 Å². The Balaban J connectivity index is 2.43. The molecule has 0 aliphatic heterocycles. The first kappa shape index (κ1) is 11.6. The molecule has 0 radical (unpaired) electrons. The molecule has 0 bridgehead atoms. The number of aryl methyl sites for hydroxylation is 1. The van der Waals surface area contributed by atoms with Crippen molar-refractivity contribution in [3.05, 3.63) is 11.8 Å². The average molecular weight is 211 g/mol. The summed E-state index contributed by atoms with van der Waals surface area (Å²) in [6, 6.07) is 1.53. The average Bonchev–Trinajstić information content (AvgIpc) is 2.50. The van der Waals surface area contributed by atoms with Crippen LogP contribution >= 0.6 is 0 Å². The second kappa shape index (κ2) is 4.82. The monoisotopic (exact) mass is 211 g/mol. The maximum absolute atomic E-state index is 11.4. The van der Waals surface area contributed by atoms with Crippen molar-refractivity contribution < 1.29 is 9.32 Å². The van der Waals surface area contributed by atoms with Gasteiger partial charge in [-0.15, -0.1) is 0 Å². The summed E-state index contributed by atoms with van der Waals surface area (Å²) in [4.78, 5) is 11.4. The number of nitrogens with zero attached hydrogens (tertiary/aromatic N) is 1. The highest BCUT2D eigenvalue weighted by Gasteiger charge is 2.11. The van der Waals surface area contributed by atoms with Crippen molar-refractivity contribution in [2.75, 3.05) is 5.32 Å². The number of rotatable bonds is 3. The van der Waals surface area contributed by atoms with E-state index in [0.29, 0.717) is 17.5 Å². The number of hydrogen-bond acceptors (Lipinski definition) is 3. The molecule has 2 N–H and O–H groups in total. The summed E-state index contributed by atoms with van der Waals surface area (Å²) < 4.78 is 4.83. The van der Waals surface area contributed by atoms with Crippen LogP contribution in [0.1, 0.15) is 26.5 Å². The first-order chi connectivity index (χ1) is 6.99. The molecule has 0 aliphatic carbocycles. The fourth-order valence-corrected chi connectivity index (χ4v) is 0.951. The predicted molar refractivity (Wildman–Crippen MR) is 57.7 cm³/mol. The maximum Gasteiger partial charge on any atom is 0.320 e. The third-order valence-electron chi connectivity index (χ3n) is 2.23. The van der Waals surface area contributed by atoms with Crippen molar-refractivity contribution in [3.63, 3.8) is 0 Å². The molecule has 0 spiro atoms. The summed E-state index contributed by atoms with van der Waals surface area (Å²) in [5, 5.41) is 9.06. The molecule has 0 saturated carbocycles. The van der Waals surface area contributed by atoms with Crippen molar-refractivity contribution in [1.82, 2.24) is 10.5 Å². The van der Waals surface area contributed by atoms with Crippen LogP contribution in [0.3, 0.4) is 0 Å². The minimum Gasteiger partial charge on any atom is -0.360 e. The Morgan fingerprint density at radius 3 is 2.60 bits per heavy atom. The van der Waals surface area contributed by atoms with Gasteiger partial charge in [0.25, 0.3) is 0 Å². The van der Waals surface area contributed by atoms with Crippen molar-refractivity contribution >= 4 is 11.8 Å². The van der Waals surface area contributed by atoms with E-state index in [9.17, 15) is 4.79 Å². The molecule has 1 atom stereocenters. The molecular weight excluding hydrogens is 194 g/mol. The lowest BCUT2D eigenvalue weighted by atomic mass is 10.1. The second-order valence-corrected chi connectivity index (χ2v) is 3.95. The highest BCUT2D eigenvalue weighted by Crippen LogP contribution is 2.07. The third-order valence-corrected chi connectivity index (χ3v) is 2.23. The van der Waals surface area contributed by atoms with Gasteiger partial charge in [0.05, 0.1) is 0 Å². The Hall–Kier alpha value is -1.52. The van der Waals surface area contributed by atoms with Crippen LogP contribution in [0, 0.1) is 12.8 Å². The van der Waals surface area contributed by atoms with Crippen molar-refractivity contribution in [2.45, 2.75) is 33.7 Å². The zero-order valence-electron chi connectivity index (χ0n) is 9.50. The van der Waals surface area contributed by atoms with Crippen LogP contribution in [0.5, 0.6) is 0 Å². The van der Waals surface area contributed by atoms with Gasteiger partial charge in [-0.1, -0.05) is 19.0 Å². The Bertz CT molecular complexity index is 333. The molecule has 84 valence electrons.